The Morgan fingerprint density at radius 3 is 2.25 bits per heavy atom. The Morgan fingerprint density at radius 1 is 0.781 bits per heavy atom. The summed E-state index contributed by atoms with van der Waals surface area (Å²) in [5.74, 6) is -1.37. The Bertz CT molecular complexity index is 1390. The number of nitrogens with zero attached hydrogens (tertiary/aromatic N) is 5. The largest absolute Gasteiger partial charge is 0.324 e. The zero-order valence-corrected chi connectivity index (χ0v) is 16.7. The summed E-state index contributed by atoms with van der Waals surface area (Å²) in [4.78, 5) is 12.4. The molecule has 7 nitrogen and oxygen atoms in total. The Labute approximate surface area is 181 Å². The fourth-order valence-electron chi connectivity index (χ4n) is 3.30. The van der Waals surface area contributed by atoms with Crippen LogP contribution in [0.1, 0.15) is 5.56 Å². The van der Waals surface area contributed by atoms with Crippen molar-refractivity contribution in [3.05, 3.63) is 96.5 Å². The smallest absolute Gasteiger partial charge is 0.232 e. The van der Waals surface area contributed by atoms with Crippen LogP contribution in [-0.2, 0) is 6.54 Å². The zero-order valence-electron chi connectivity index (χ0n) is 16.7. The Morgan fingerprint density at radius 2 is 1.50 bits per heavy atom. The summed E-state index contributed by atoms with van der Waals surface area (Å²) < 4.78 is 28.5. The van der Waals surface area contributed by atoms with E-state index >= 15 is 0 Å². The lowest BCUT2D eigenvalue weighted by atomic mass is 10.2. The maximum absolute atomic E-state index is 13.4. The number of fused-ring (bicyclic) bond motifs is 1. The van der Waals surface area contributed by atoms with Crippen LogP contribution in [0.3, 0.4) is 0 Å². The summed E-state index contributed by atoms with van der Waals surface area (Å²) >= 11 is 0. The highest BCUT2D eigenvalue weighted by molar-refractivity contribution is 5.83. The molecule has 2 aromatic heterocycles. The molecule has 0 atom stereocenters. The van der Waals surface area contributed by atoms with Crippen molar-refractivity contribution < 1.29 is 8.78 Å². The van der Waals surface area contributed by atoms with E-state index in [-0.39, 0.29) is 5.95 Å². The highest BCUT2D eigenvalue weighted by atomic mass is 19.2. The first-order valence-electron chi connectivity index (χ1n) is 9.82. The molecule has 0 unspecified atom stereocenters. The summed E-state index contributed by atoms with van der Waals surface area (Å²) in [6, 6.07) is 19.5. The molecule has 0 aliphatic rings. The number of halogens is 2. The van der Waals surface area contributed by atoms with Gasteiger partial charge in [-0.25, -0.2) is 18.7 Å². The molecule has 0 fully saturated rings. The maximum Gasteiger partial charge on any atom is 0.232 e. The lowest BCUT2D eigenvalue weighted by Crippen LogP contribution is -2.03. The third-order valence-corrected chi connectivity index (χ3v) is 4.82. The van der Waals surface area contributed by atoms with Gasteiger partial charge in [0.15, 0.2) is 11.6 Å². The van der Waals surface area contributed by atoms with Gasteiger partial charge in [0.05, 0.1) is 18.3 Å². The van der Waals surface area contributed by atoms with Crippen LogP contribution >= 0.6 is 0 Å². The average molecular weight is 429 g/mol. The van der Waals surface area contributed by atoms with Gasteiger partial charge in [-0.05, 0) is 35.9 Å². The minimum atomic E-state index is -0.955. The molecule has 158 valence electrons. The second-order valence-electron chi connectivity index (χ2n) is 7.07. The third kappa shape index (κ3) is 4.22. The van der Waals surface area contributed by atoms with Crippen molar-refractivity contribution in [2.75, 3.05) is 10.6 Å². The highest BCUT2D eigenvalue weighted by Gasteiger charge is 2.08. The van der Waals surface area contributed by atoms with Crippen LogP contribution in [0.15, 0.2) is 79.3 Å². The van der Waals surface area contributed by atoms with Crippen molar-refractivity contribution in [1.29, 1.82) is 0 Å². The number of benzene rings is 3. The Hall–Kier alpha value is -4.40. The molecule has 0 spiro atoms. The lowest BCUT2D eigenvalue weighted by molar-refractivity contribution is 0.509. The van der Waals surface area contributed by atoms with Gasteiger partial charge in [0, 0.05) is 22.8 Å². The van der Waals surface area contributed by atoms with E-state index in [4.69, 9.17) is 0 Å². The molecule has 9 heteroatoms. The fraction of sp³-hybridized carbons (Fsp3) is 0.0435. The molecule has 0 radical (unpaired) electrons. The molecule has 2 heterocycles. The average Bonchev–Trinajstić information content (AvgIpc) is 3.19. The maximum atomic E-state index is 13.4. The Kier molecular flexibility index (Phi) is 5.12. The molecule has 3 aromatic carbocycles. The second-order valence-corrected chi connectivity index (χ2v) is 7.07. The van der Waals surface area contributed by atoms with Crippen molar-refractivity contribution >= 4 is 34.2 Å². The summed E-state index contributed by atoms with van der Waals surface area (Å²) in [5, 5.41) is 11.4. The van der Waals surface area contributed by atoms with Gasteiger partial charge in [-0.2, -0.15) is 10.1 Å². The molecule has 32 heavy (non-hydrogen) atoms. The van der Waals surface area contributed by atoms with Crippen LogP contribution < -0.4 is 10.6 Å². The van der Waals surface area contributed by atoms with Crippen LogP contribution in [0.2, 0.25) is 0 Å². The summed E-state index contributed by atoms with van der Waals surface area (Å²) in [5.41, 5.74) is 3.29. The second kappa shape index (κ2) is 8.38. The van der Waals surface area contributed by atoms with Gasteiger partial charge in [-0.1, -0.05) is 30.3 Å². The van der Waals surface area contributed by atoms with Crippen molar-refractivity contribution in [3.8, 4) is 0 Å². The van der Waals surface area contributed by atoms with Gasteiger partial charge in [-0.3, -0.25) is 4.68 Å². The van der Waals surface area contributed by atoms with Gasteiger partial charge < -0.3 is 10.6 Å². The molecule has 0 amide bonds. The first-order chi connectivity index (χ1) is 15.6. The van der Waals surface area contributed by atoms with Crippen molar-refractivity contribution in [1.82, 2.24) is 24.7 Å². The fourth-order valence-corrected chi connectivity index (χ4v) is 3.30. The number of anilines is 4. The quantitative estimate of drug-likeness (QED) is 0.394. The first-order valence-corrected chi connectivity index (χ1v) is 9.82. The van der Waals surface area contributed by atoms with Crippen LogP contribution in [-0.4, -0.2) is 24.7 Å². The van der Waals surface area contributed by atoms with Crippen LogP contribution in [0.4, 0.5) is 32.1 Å². The number of nitrogens with one attached hydrogen (secondary N) is 2. The molecule has 5 rings (SSSR count). The van der Waals surface area contributed by atoms with Crippen LogP contribution in [0, 0.1) is 11.6 Å². The summed E-state index contributed by atoms with van der Waals surface area (Å²) in [6.45, 7) is 0.684. The van der Waals surface area contributed by atoms with E-state index in [0.717, 1.165) is 28.7 Å². The van der Waals surface area contributed by atoms with E-state index in [2.05, 4.69) is 42.8 Å². The Balaban J connectivity index is 1.33. The molecule has 0 aliphatic carbocycles. The zero-order chi connectivity index (χ0) is 21.9. The molecular weight excluding hydrogens is 412 g/mol. The highest BCUT2D eigenvalue weighted by Crippen LogP contribution is 2.22. The SMILES string of the molecule is Fc1ccc(Nc2ncnc(Nc3ccc4c(cnn4Cc4ccccc4)c3)n2)cc1F. The van der Waals surface area contributed by atoms with Crippen LogP contribution in [0.25, 0.3) is 10.9 Å². The third-order valence-electron chi connectivity index (χ3n) is 4.82. The van der Waals surface area contributed by atoms with E-state index < -0.39 is 11.6 Å². The van der Waals surface area contributed by atoms with Gasteiger partial charge in [0.25, 0.3) is 0 Å². The summed E-state index contributed by atoms with van der Waals surface area (Å²) in [7, 11) is 0. The minimum absolute atomic E-state index is 0.199. The normalized spacial score (nSPS) is 10.9. The molecule has 0 saturated carbocycles. The molecular formula is C23H17F2N7. The van der Waals surface area contributed by atoms with Crippen LogP contribution in [0.5, 0.6) is 0 Å². The minimum Gasteiger partial charge on any atom is -0.324 e. The number of hydrogen-bond acceptors (Lipinski definition) is 6. The monoisotopic (exact) mass is 429 g/mol. The predicted octanol–water partition coefficient (Wildman–Crippen LogP) is 5.04. The van der Waals surface area contributed by atoms with E-state index in [1.165, 1.54) is 18.0 Å². The van der Waals surface area contributed by atoms with Crippen molar-refractivity contribution in [3.63, 3.8) is 0 Å². The van der Waals surface area contributed by atoms with E-state index in [0.29, 0.717) is 18.2 Å². The lowest BCUT2D eigenvalue weighted by Gasteiger charge is -2.08. The topological polar surface area (TPSA) is 80.5 Å². The standard InChI is InChI=1S/C23H17F2N7/c24-19-8-6-18(11-20(19)25)30-23-27-14-26-22(31-23)29-17-7-9-21-16(10-17)12-28-32(21)13-15-4-2-1-3-5-15/h1-12,14H,13H2,(H2,26,27,29,30,31). The van der Waals surface area contributed by atoms with Gasteiger partial charge in [-0.15, -0.1) is 0 Å². The van der Waals surface area contributed by atoms with Gasteiger partial charge in [0.1, 0.15) is 6.33 Å². The number of hydrogen-bond donors (Lipinski definition) is 2. The van der Waals surface area contributed by atoms with E-state index in [1.54, 1.807) is 0 Å². The van der Waals surface area contributed by atoms with E-state index in [9.17, 15) is 8.78 Å². The molecule has 0 saturated heterocycles. The predicted molar refractivity (Wildman–Crippen MR) is 118 cm³/mol. The van der Waals surface area contributed by atoms with Crippen molar-refractivity contribution in [2.24, 2.45) is 0 Å². The number of rotatable bonds is 6. The molecule has 5 aromatic rings. The van der Waals surface area contributed by atoms with Gasteiger partial charge in [0.2, 0.25) is 11.9 Å². The number of aromatic nitrogens is 5. The molecule has 0 aliphatic heterocycles. The van der Waals surface area contributed by atoms with E-state index in [1.807, 2.05) is 47.3 Å². The van der Waals surface area contributed by atoms with Gasteiger partial charge >= 0.3 is 0 Å². The first kappa shape index (κ1) is 19.6. The van der Waals surface area contributed by atoms with Crippen molar-refractivity contribution in [2.45, 2.75) is 6.54 Å². The molecule has 2 N–H and O–H groups in total. The molecule has 0 bridgehead atoms. The summed E-state index contributed by atoms with van der Waals surface area (Å²) in [6.07, 6.45) is 3.14.